The molecule has 0 saturated carbocycles. The first-order valence-corrected chi connectivity index (χ1v) is 8.97. The first kappa shape index (κ1) is 19.0. The van der Waals surface area contributed by atoms with E-state index in [0.29, 0.717) is 5.92 Å². The van der Waals surface area contributed by atoms with Crippen molar-refractivity contribution in [1.82, 2.24) is 0 Å². The second kappa shape index (κ2) is 10.7. The van der Waals surface area contributed by atoms with E-state index in [1.165, 1.54) is 0 Å². The number of carbonyl (C=O) groups is 1. The van der Waals surface area contributed by atoms with Crippen LogP contribution in [0.25, 0.3) is 0 Å². The molecule has 1 rings (SSSR count). The second-order valence-corrected chi connectivity index (χ2v) is 6.48. The molecule has 0 unspecified atom stereocenters. The van der Waals surface area contributed by atoms with Crippen molar-refractivity contribution in [2.45, 2.75) is 65.6 Å². The molecule has 0 N–H and O–H groups in total. The van der Waals surface area contributed by atoms with Crippen LogP contribution in [0.5, 0.6) is 0 Å². The second-order valence-electron chi connectivity index (χ2n) is 5.57. The van der Waals surface area contributed by atoms with Gasteiger partial charge in [-0.3, -0.25) is 0 Å². The van der Waals surface area contributed by atoms with Crippen LogP contribution >= 0.6 is 15.9 Å². The minimum Gasteiger partial charge on any atom is -0.431 e. The van der Waals surface area contributed by atoms with Crippen LogP contribution in [0.4, 0.5) is 4.79 Å². The molecule has 4 heteroatoms. The van der Waals surface area contributed by atoms with Crippen molar-refractivity contribution in [3.8, 4) is 0 Å². The van der Waals surface area contributed by atoms with Gasteiger partial charge >= 0.3 is 6.16 Å². The van der Waals surface area contributed by atoms with Crippen LogP contribution in [-0.4, -0.2) is 12.3 Å². The predicted octanol–water partition coefficient (Wildman–Crippen LogP) is 6.10. The molecule has 0 heterocycles. The molecule has 22 heavy (non-hydrogen) atoms. The number of ether oxygens (including phenoxy) is 2. The van der Waals surface area contributed by atoms with Gasteiger partial charge in [0.05, 0.1) is 0 Å². The molecule has 0 saturated heterocycles. The maximum Gasteiger partial charge on any atom is 0.508 e. The molecule has 124 valence electrons. The number of rotatable bonds is 9. The van der Waals surface area contributed by atoms with E-state index in [1.807, 2.05) is 24.3 Å². The highest BCUT2D eigenvalue weighted by molar-refractivity contribution is 9.10. The fraction of sp³-hybridized carbons (Fsp3) is 0.611. The summed E-state index contributed by atoms with van der Waals surface area (Å²) < 4.78 is 11.8. The average molecular weight is 371 g/mol. The monoisotopic (exact) mass is 370 g/mol. The SMILES string of the molecule is CCCC(CCC)[C@H](CC)OC(=O)OCc1ccc(Br)cc1. The number of carbonyl (C=O) groups excluding carboxylic acids is 1. The Labute approximate surface area is 142 Å². The smallest absolute Gasteiger partial charge is 0.431 e. The largest absolute Gasteiger partial charge is 0.508 e. The number of hydrogen-bond acceptors (Lipinski definition) is 3. The van der Waals surface area contributed by atoms with Gasteiger partial charge in [-0.05, 0) is 42.9 Å². The molecular formula is C18H27BrO3. The van der Waals surface area contributed by atoms with Crippen molar-refractivity contribution in [2.24, 2.45) is 5.92 Å². The lowest BCUT2D eigenvalue weighted by Gasteiger charge is -2.25. The van der Waals surface area contributed by atoms with Crippen molar-refractivity contribution >= 4 is 22.1 Å². The van der Waals surface area contributed by atoms with E-state index in [1.54, 1.807) is 0 Å². The summed E-state index contributed by atoms with van der Waals surface area (Å²) in [5.41, 5.74) is 0.951. The topological polar surface area (TPSA) is 35.5 Å². The minimum atomic E-state index is -0.563. The third-order valence-electron chi connectivity index (χ3n) is 3.76. The zero-order valence-corrected chi connectivity index (χ0v) is 15.4. The van der Waals surface area contributed by atoms with Crippen LogP contribution in [0.1, 0.15) is 58.4 Å². The molecular weight excluding hydrogens is 344 g/mol. The Morgan fingerprint density at radius 3 is 2.18 bits per heavy atom. The lowest BCUT2D eigenvalue weighted by molar-refractivity contribution is -0.00649. The first-order chi connectivity index (χ1) is 10.6. The third kappa shape index (κ3) is 6.82. The van der Waals surface area contributed by atoms with E-state index in [0.717, 1.165) is 42.1 Å². The minimum absolute atomic E-state index is 0.0442. The Hall–Kier alpha value is -1.03. The zero-order chi connectivity index (χ0) is 16.4. The van der Waals surface area contributed by atoms with Crippen LogP contribution in [0.2, 0.25) is 0 Å². The molecule has 0 spiro atoms. The van der Waals surface area contributed by atoms with E-state index in [2.05, 4.69) is 36.7 Å². The van der Waals surface area contributed by atoms with Crippen LogP contribution in [0.15, 0.2) is 28.7 Å². The molecule has 0 amide bonds. The van der Waals surface area contributed by atoms with Crippen molar-refractivity contribution in [3.05, 3.63) is 34.3 Å². The molecule has 0 aromatic heterocycles. The maximum absolute atomic E-state index is 11.9. The van der Waals surface area contributed by atoms with E-state index in [-0.39, 0.29) is 12.7 Å². The molecule has 0 bridgehead atoms. The van der Waals surface area contributed by atoms with Crippen molar-refractivity contribution in [1.29, 1.82) is 0 Å². The van der Waals surface area contributed by atoms with E-state index >= 15 is 0 Å². The molecule has 0 aliphatic rings. The third-order valence-corrected chi connectivity index (χ3v) is 4.29. The normalized spacial score (nSPS) is 12.2. The Bertz CT molecular complexity index is 424. The van der Waals surface area contributed by atoms with Gasteiger partial charge in [0.1, 0.15) is 12.7 Å². The van der Waals surface area contributed by atoms with Gasteiger partial charge in [-0.2, -0.15) is 0 Å². The molecule has 0 aliphatic heterocycles. The Balaban J connectivity index is 2.47. The van der Waals surface area contributed by atoms with Crippen LogP contribution < -0.4 is 0 Å². The fourth-order valence-electron chi connectivity index (χ4n) is 2.65. The van der Waals surface area contributed by atoms with Gasteiger partial charge in [-0.1, -0.05) is 61.7 Å². The fourth-order valence-corrected chi connectivity index (χ4v) is 2.92. The summed E-state index contributed by atoms with van der Waals surface area (Å²) in [5.74, 6) is 0.431. The molecule has 0 radical (unpaired) electrons. The van der Waals surface area contributed by atoms with Crippen molar-refractivity contribution < 1.29 is 14.3 Å². The summed E-state index contributed by atoms with van der Waals surface area (Å²) in [4.78, 5) is 11.9. The quantitative estimate of drug-likeness (QED) is 0.492. The van der Waals surface area contributed by atoms with E-state index in [9.17, 15) is 4.79 Å². The van der Waals surface area contributed by atoms with Crippen molar-refractivity contribution in [3.63, 3.8) is 0 Å². The predicted molar refractivity (Wildman–Crippen MR) is 92.8 cm³/mol. The number of hydrogen-bond donors (Lipinski definition) is 0. The zero-order valence-electron chi connectivity index (χ0n) is 13.8. The average Bonchev–Trinajstić information content (AvgIpc) is 2.52. The van der Waals surface area contributed by atoms with Gasteiger partial charge in [0.15, 0.2) is 0 Å². The van der Waals surface area contributed by atoms with Gasteiger partial charge in [0.2, 0.25) is 0 Å². The lowest BCUT2D eigenvalue weighted by Crippen LogP contribution is -2.27. The van der Waals surface area contributed by atoms with Crippen LogP contribution in [-0.2, 0) is 16.1 Å². The van der Waals surface area contributed by atoms with E-state index in [4.69, 9.17) is 9.47 Å². The Kier molecular flexibility index (Phi) is 9.21. The summed E-state index contributed by atoms with van der Waals surface area (Å²) in [6.45, 7) is 6.64. The van der Waals surface area contributed by atoms with Gasteiger partial charge in [0.25, 0.3) is 0 Å². The van der Waals surface area contributed by atoms with Gasteiger partial charge in [-0.25, -0.2) is 4.79 Å². The Morgan fingerprint density at radius 1 is 1.09 bits per heavy atom. The summed E-state index contributed by atoms with van der Waals surface area (Å²) in [6, 6.07) is 7.70. The summed E-state index contributed by atoms with van der Waals surface area (Å²) in [7, 11) is 0. The molecule has 0 aliphatic carbocycles. The summed E-state index contributed by atoms with van der Waals surface area (Å²) >= 11 is 3.38. The molecule has 1 aromatic rings. The van der Waals surface area contributed by atoms with Gasteiger partial charge in [0, 0.05) is 4.47 Å². The van der Waals surface area contributed by atoms with Crippen LogP contribution in [0, 0.1) is 5.92 Å². The molecule has 0 fully saturated rings. The highest BCUT2D eigenvalue weighted by atomic mass is 79.9. The summed E-state index contributed by atoms with van der Waals surface area (Å²) in [6.07, 6.45) is 4.62. The number of halogens is 1. The van der Waals surface area contributed by atoms with Gasteiger partial charge in [-0.15, -0.1) is 0 Å². The van der Waals surface area contributed by atoms with E-state index < -0.39 is 6.16 Å². The number of benzene rings is 1. The molecule has 3 nitrogen and oxygen atoms in total. The van der Waals surface area contributed by atoms with Gasteiger partial charge < -0.3 is 9.47 Å². The van der Waals surface area contributed by atoms with Crippen LogP contribution in [0.3, 0.4) is 0 Å². The molecule has 1 aromatic carbocycles. The highest BCUT2D eigenvalue weighted by Gasteiger charge is 2.23. The molecule has 1 atom stereocenters. The Morgan fingerprint density at radius 2 is 1.68 bits per heavy atom. The summed E-state index contributed by atoms with van der Waals surface area (Å²) in [5, 5.41) is 0. The standard InChI is InChI=1S/C18H27BrO3/c1-4-7-15(8-5-2)17(6-3)22-18(20)21-13-14-9-11-16(19)12-10-14/h9-12,15,17H,4-8,13H2,1-3H3/t17-/m0/s1. The maximum atomic E-state index is 11.9. The lowest BCUT2D eigenvalue weighted by atomic mass is 9.91. The highest BCUT2D eigenvalue weighted by Crippen LogP contribution is 2.23. The first-order valence-electron chi connectivity index (χ1n) is 8.18. The van der Waals surface area contributed by atoms with Crippen molar-refractivity contribution in [2.75, 3.05) is 0 Å².